The quantitative estimate of drug-likeness (QED) is 0.465. The molecule has 0 saturated heterocycles. The molecule has 0 aromatic carbocycles. The Morgan fingerprint density at radius 1 is 1.13 bits per heavy atom. The molecule has 4 fully saturated rings. The lowest BCUT2D eigenvalue weighted by atomic mass is 9.48. The minimum Gasteiger partial charge on any atom is -0.352 e. The fraction of sp³-hybridized carbons (Fsp3) is 0.720. The first-order chi connectivity index (χ1) is 15.0. The van der Waals surface area contributed by atoms with Crippen molar-refractivity contribution in [2.45, 2.75) is 89.1 Å². The van der Waals surface area contributed by atoms with Crippen molar-refractivity contribution in [3.8, 4) is 0 Å². The maximum absolute atomic E-state index is 13.0. The Balaban J connectivity index is 1.16. The van der Waals surface area contributed by atoms with Crippen molar-refractivity contribution in [1.82, 2.24) is 15.3 Å². The topological polar surface area (TPSA) is 54.9 Å². The normalized spacial score (nSPS) is 32.3. The molecule has 1 atom stereocenters. The number of aromatic nitrogens is 2. The standard InChI is InChI=1S/C25H33N3OS2/c1-14(25-10-16-7-17(11-25)9-18(8-16)12-25)26-21(29)13-30-23-22-19-5-3-4-6-20(19)31-24(22)28-15(2)27-23/h14,16-18H,3-13H2,1-2H3,(H,26,29)/t14-,16?,17?,18?,25?/m1/s1. The first-order valence-corrected chi connectivity index (χ1v) is 14.0. The molecule has 0 spiro atoms. The highest BCUT2D eigenvalue weighted by molar-refractivity contribution is 8.00. The van der Waals surface area contributed by atoms with Gasteiger partial charge >= 0.3 is 0 Å². The molecule has 0 aliphatic heterocycles. The van der Waals surface area contributed by atoms with Gasteiger partial charge in [0, 0.05) is 16.3 Å². The van der Waals surface area contributed by atoms with E-state index < -0.39 is 0 Å². The number of aryl methyl sites for hydroxylation is 3. The zero-order chi connectivity index (χ0) is 21.2. The van der Waals surface area contributed by atoms with E-state index in [0.717, 1.165) is 39.9 Å². The average Bonchev–Trinajstić information content (AvgIpc) is 3.09. The maximum atomic E-state index is 13.0. The van der Waals surface area contributed by atoms with Gasteiger partial charge in [-0.1, -0.05) is 11.8 Å². The van der Waals surface area contributed by atoms with Gasteiger partial charge < -0.3 is 5.32 Å². The van der Waals surface area contributed by atoms with Crippen LogP contribution in [0.2, 0.25) is 0 Å². The first-order valence-electron chi connectivity index (χ1n) is 12.2. The number of amides is 1. The number of fused-ring (bicyclic) bond motifs is 3. The summed E-state index contributed by atoms with van der Waals surface area (Å²) in [5, 5.41) is 5.67. The van der Waals surface area contributed by atoms with Crippen LogP contribution in [0.4, 0.5) is 0 Å². The highest BCUT2D eigenvalue weighted by Gasteiger charge is 2.53. The van der Waals surface area contributed by atoms with Crippen LogP contribution in [0.15, 0.2) is 5.03 Å². The minimum atomic E-state index is 0.168. The largest absolute Gasteiger partial charge is 0.352 e. The van der Waals surface area contributed by atoms with Crippen molar-refractivity contribution in [3.05, 3.63) is 16.3 Å². The number of hydrogen-bond acceptors (Lipinski definition) is 5. The monoisotopic (exact) mass is 455 g/mol. The highest BCUT2D eigenvalue weighted by Crippen LogP contribution is 2.61. The van der Waals surface area contributed by atoms with Crippen LogP contribution in [0.5, 0.6) is 0 Å². The zero-order valence-electron chi connectivity index (χ0n) is 18.7. The van der Waals surface area contributed by atoms with Crippen molar-refractivity contribution in [1.29, 1.82) is 0 Å². The Labute approximate surface area is 193 Å². The summed E-state index contributed by atoms with van der Waals surface area (Å²) in [6, 6.07) is 0.287. The van der Waals surface area contributed by atoms with Gasteiger partial charge in [-0.3, -0.25) is 4.79 Å². The van der Waals surface area contributed by atoms with Gasteiger partial charge in [-0.15, -0.1) is 11.3 Å². The Morgan fingerprint density at radius 2 is 1.81 bits per heavy atom. The molecule has 2 aromatic heterocycles. The number of nitrogens with one attached hydrogen (secondary N) is 1. The van der Waals surface area contributed by atoms with Crippen molar-refractivity contribution >= 4 is 39.2 Å². The summed E-state index contributed by atoms with van der Waals surface area (Å²) in [5.74, 6) is 4.19. The number of nitrogens with zero attached hydrogens (tertiary/aromatic N) is 2. The molecule has 1 amide bonds. The third-order valence-corrected chi connectivity index (χ3v) is 10.8. The van der Waals surface area contributed by atoms with E-state index in [-0.39, 0.29) is 11.9 Å². The van der Waals surface area contributed by atoms with E-state index in [1.165, 1.54) is 73.6 Å². The number of thiophene rings is 1. The molecular weight excluding hydrogens is 422 g/mol. The molecule has 0 unspecified atom stereocenters. The first kappa shape index (κ1) is 20.5. The summed E-state index contributed by atoms with van der Waals surface area (Å²) < 4.78 is 0. The van der Waals surface area contributed by atoms with E-state index in [4.69, 9.17) is 9.97 Å². The van der Waals surface area contributed by atoms with Gasteiger partial charge in [0.05, 0.1) is 5.75 Å². The fourth-order valence-electron chi connectivity index (χ4n) is 7.61. The zero-order valence-corrected chi connectivity index (χ0v) is 20.3. The lowest BCUT2D eigenvalue weighted by Crippen LogP contribution is -2.56. The maximum Gasteiger partial charge on any atom is 0.230 e. The summed E-state index contributed by atoms with van der Waals surface area (Å²) in [6.07, 6.45) is 13.2. The number of hydrogen-bond donors (Lipinski definition) is 1. The summed E-state index contributed by atoms with van der Waals surface area (Å²) in [4.78, 5) is 25.1. The van der Waals surface area contributed by atoms with Crippen molar-refractivity contribution in [2.75, 3.05) is 5.75 Å². The van der Waals surface area contributed by atoms with E-state index in [1.807, 2.05) is 18.3 Å². The predicted molar refractivity (Wildman–Crippen MR) is 128 cm³/mol. The van der Waals surface area contributed by atoms with Crippen LogP contribution in [0.25, 0.3) is 10.2 Å². The molecule has 166 valence electrons. The van der Waals surface area contributed by atoms with Gasteiger partial charge in [0.1, 0.15) is 15.7 Å². The van der Waals surface area contributed by atoms with Crippen LogP contribution in [-0.2, 0) is 17.6 Å². The molecule has 4 saturated carbocycles. The van der Waals surface area contributed by atoms with Crippen LogP contribution in [0.1, 0.15) is 74.6 Å². The molecule has 4 nitrogen and oxygen atoms in total. The van der Waals surface area contributed by atoms with E-state index in [9.17, 15) is 4.79 Å². The third-order valence-electron chi connectivity index (χ3n) is 8.61. The molecule has 7 rings (SSSR count). The van der Waals surface area contributed by atoms with Crippen LogP contribution < -0.4 is 5.32 Å². The average molecular weight is 456 g/mol. The molecule has 2 aromatic rings. The molecule has 6 heteroatoms. The van der Waals surface area contributed by atoms with E-state index in [0.29, 0.717) is 11.2 Å². The van der Waals surface area contributed by atoms with Crippen molar-refractivity contribution in [3.63, 3.8) is 0 Å². The Bertz CT molecular complexity index is 994. The van der Waals surface area contributed by atoms with E-state index in [2.05, 4.69) is 12.2 Å². The fourth-order valence-corrected chi connectivity index (χ4v) is 9.89. The van der Waals surface area contributed by atoms with Gasteiger partial charge in [0.15, 0.2) is 0 Å². The van der Waals surface area contributed by atoms with Crippen LogP contribution in [0, 0.1) is 30.1 Å². The molecule has 5 aliphatic carbocycles. The number of thioether (sulfide) groups is 1. The number of carbonyl (C=O) groups is 1. The summed E-state index contributed by atoms with van der Waals surface area (Å²) in [6.45, 7) is 4.25. The second-order valence-electron chi connectivity index (χ2n) is 10.8. The summed E-state index contributed by atoms with van der Waals surface area (Å²) in [5.41, 5.74) is 1.82. The SMILES string of the molecule is Cc1nc(SCC(=O)N[C@H](C)C23CC4CC(CC(C4)C2)C3)c2c3c(sc2n1)CCCC3. The molecule has 31 heavy (non-hydrogen) atoms. The molecular formula is C25H33N3OS2. The van der Waals surface area contributed by atoms with Gasteiger partial charge in [-0.2, -0.15) is 0 Å². The molecule has 2 heterocycles. The minimum absolute atomic E-state index is 0.168. The molecule has 1 N–H and O–H groups in total. The Kier molecular flexibility index (Phi) is 5.10. The summed E-state index contributed by atoms with van der Waals surface area (Å²) >= 11 is 3.45. The van der Waals surface area contributed by atoms with Crippen LogP contribution >= 0.6 is 23.1 Å². The summed E-state index contributed by atoms with van der Waals surface area (Å²) in [7, 11) is 0. The van der Waals surface area contributed by atoms with Gasteiger partial charge in [0.2, 0.25) is 5.91 Å². The molecule has 0 radical (unpaired) electrons. The molecule has 4 bridgehead atoms. The smallest absolute Gasteiger partial charge is 0.230 e. The second-order valence-corrected chi connectivity index (χ2v) is 12.9. The number of rotatable bonds is 5. The predicted octanol–water partition coefficient (Wildman–Crippen LogP) is 5.69. The van der Waals surface area contributed by atoms with Gasteiger partial charge in [0.25, 0.3) is 0 Å². The van der Waals surface area contributed by atoms with Crippen molar-refractivity contribution in [2.24, 2.45) is 23.2 Å². The third kappa shape index (κ3) is 3.62. The van der Waals surface area contributed by atoms with E-state index in [1.54, 1.807) is 11.8 Å². The Morgan fingerprint density at radius 3 is 2.52 bits per heavy atom. The Hall–Kier alpha value is -1.14. The molecule has 5 aliphatic rings. The van der Waals surface area contributed by atoms with Gasteiger partial charge in [-0.05, 0) is 107 Å². The van der Waals surface area contributed by atoms with Crippen LogP contribution in [0.3, 0.4) is 0 Å². The van der Waals surface area contributed by atoms with E-state index >= 15 is 0 Å². The van der Waals surface area contributed by atoms with Crippen LogP contribution in [-0.4, -0.2) is 27.7 Å². The second kappa shape index (κ2) is 7.72. The lowest BCUT2D eigenvalue weighted by molar-refractivity contribution is -0.123. The lowest BCUT2D eigenvalue weighted by Gasteiger charge is -2.59. The highest BCUT2D eigenvalue weighted by atomic mass is 32.2. The van der Waals surface area contributed by atoms with Crippen molar-refractivity contribution < 1.29 is 4.79 Å². The number of carbonyl (C=O) groups excluding carboxylic acids is 1. The van der Waals surface area contributed by atoms with Gasteiger partial charge in [-0.25, -0.2) is 9.97 Å².